The molecule has 1 aromatic rings. The summed E-state index contributed by atoms with van der Waals surface area (Å²) in [5.41, 5.74) is 0.376. The van der Waals surface area contributed by atoms with Crippen molar-refractivity contribution in [2.45, 2.75) is 25.3 Å². The highest BCUT2D eigenvalue weighted by molar-refractivity contribution is 7.89. The van der Waals surface area contributed by atoms with Gasteiger partial charge in [0.05, 0.1) is 11.8 Å². The van der Waals surface area contributed by atoms with E-state index in [9.17, 15) is 13.2 Å². The number of hydrogen-bond donors (Lipinski definition) is 2. The molecule has 0 radical (unpaired) electrons. The summed E-state index contributed by atoms with van der Waals surface area (Å²) in [5.74, 6) is -1.44. The molecule has 108 valence electrons. The molecule has 1 rings (SSSR count). The van der Waals surface area contributed by atoms with Crippen LogP contribution in [0.3, 0.4) is 0 Å². The second-order valence-electron chi connectivity index (χ2n) is 4.23. The molecular formula is C13H16N2O4S. The number of aliphatic carboxylic acids is 1. The first kappa shape index (κ1) is 16.1. The van der Waals surface area contributed by atoms with Crippen LogP contribution in [0, 0.1) is 11.3 Å². The fourth-order valence-electron chi connectivity index (χ4n) is 1.64. The molecule has 2 N–H and O–H groups in total. The van der Waals surface area contributed by atoms with Gasteiger partial charge in [0.1, 0.15) is 6.04 Å². The zero-order valence-corrected chi connectivity index (χ0v) is 11.6. The van der Waals surface area contributed by atoms with E-state index in [1.54, 1.807) is 30.3 Å². The van der Waals surface area contributed by atoms with Crippen LogP contribution in [0.25, 0.3) is 0 Å². The predicted octanol–water partition coefficient (Wildman–Crippen LogP) is 1.43. The van der Waals surface area contributed by atoms with Gasteiger partial charge in [-0.2, -0.15) is 9.98 Å². The lowest BCUT2D eigenvalue weighted by molar-refractivity contribution is -0.139. The first-order valence-corrected chi connectivity index (χ1v) is 7.76. The van der Waals surface area contributed by atoms with Gasteiger partial charge < -0.3 is 5.11 Å². The Morgan fingerprint density at radius 2 is 1.95 bits per heavy atom. The van der Waals surface area contributed by atoms with Gasteiger partial charge in [-0.05, 0) is 18.4 Å². The molecule has 1 atom stereocenters. The molecule has 20 heavy (non-hydrogen) atoms. The van der Waals surface area contributed by atoms with Crippen LogP contribution < -0.4 is 4.72 Å². The van der Waals surface area contributed by atoms with Gasteiger partial charge in [-0.1, -0.05) is 30.3 Å². The molecule has 1 aromatic carbocycles. The molecule has 0 saturated heterocycles. The van der Waals surface area contributed by atoms with E-state index >= 15 is 0 Å². The number of carboxylic acids is 1. The SMILES string of the molecule is N#CCCCCS(=O)(=O)N[C@H](C(=O)O)c1ccccc1. The summed E-state index contributed by atoms with van der Waals surface area (Å²) in [7, 11) is -3.69. The lowest BCUT2D eigenvalue weighted by atomic mass is 10.1. The molecule has 0 bridgehead atoms. The number of nitrogens with zero attached hydrogens (tertiary/aromatic N) is 1. The average molecular weight is 296 g/mol. The molecule has 0 unspecified atom stereocenters. The third-order valence-corrected chi connectivity index (χ3v) is 4.05. The number of carboxylic acid groups (broad SMARTS) is 1. The van der Waals surface area contributed by atoms with Crippen LogP contribution in [-0.4, -0.2) is 25.2 Å². The highest BCUT2D eigenvalue weighted by atomic mass is 32.2. The second-order valence-corrected chi connectivity index (χ2v) is 6.11. The van der Waals surface area contributed by atoms with Crippen molar-refractivity contribution in [1.82, 2.24) is 4.72 Å². The molecule has 0 aromatic heterocycles. The van der Waals surface area contributed by atoms with Crippen LogP contribution in [0.2, 0.25) is 0 Å². The number of nitriles is 1. The van der Waals surface area contributed by atoms with E-state index in [4.69, 9.17) is 10.4 Å². The Bertz CT molecular complexity index is 578. The van der Waals surface area contributed by atoms with Crippen LogP contribution in [0.15, 0.2) is 30.3 Å². The average Bonchev–Trinajstić information content (AvgIpc) is 2.42. The van der Waals surface area contributed by atoms with Crippen molar-refractivity contribution < 1.29 is 18.3 Å². The highest BCUT2D eigenvalue weighted by Gasteiger charge is 2.25. The van der Waals surface area contributed by atoms with Crippen molar-refractivity contribution in [1.29, 1.82) is 5.26 Å². The highest BCUT2D eigenvalue weighted by Crippen LogP contribution is 2.14. The standard InChI is InChI=1S/C13H16N2O4S/c14-9-5-2-6-10-20(18,19)15-12(13(16)17)11-7-3-1-4-8-11/h1,3-4,7-8,12,15H,2,5-6,10H2,(H,16,17)/t12-/m0/s1. The smallest absolute Gasteiger partial charge is 0.326 e. The zero-order chi connectivity index (χ0) is 15.0. The summed E-state index contributed by atoms with van der Waals surface area (Å²) in [6.45, 7) is 0. The lowest BCUT2D eigenvalue weighted by Crippen LogP contribution is -2.35. The minimum absolute atomic E-state index is 0.189. The number of nitrogens with one attached hydrogen (secondary N) is 1. The van der Waals surface area contributed by atoms with E-state index < -0.39 is 22.0 Å². The normalized spacial score (nSPS) is 12.6. The van der Waals surface area contributed by atoms with Crippen molar-refractivity contribution in [2.75, 3.05) is 5.75 Å². The Morgan fingerprint density at radius 1 is 1.30 bits per heavy atom. The molecule has 0 aliphatic rings. The maximum atomic E-state index is 11.8. The van der Waals surface area contributed by atoms with Crippen molar-refractivity contribution in [3.05, 3.63) is 35.9 Å². The Morgan fingerprint density at radius 3 is 2.50 bits per heavy atom. The summed E-state index contributed by atoms with van der Waals surface area (Å²) >= 11 is 0. The van der Waals surface area contributed by atoms with Gasteiger partial charge in [-0.15, -0.1) is 0 Å². The maximum absolute atomic E-state index is 11.8. The van der Waals surface area contributed by atoms with E-state index in [2.05, 4.69) is 4.72 Å². The van der Waals surface area contributed by atoms with Crippen LogP contribution in [0.5, 0.6) is 0 Å². The van der Waals surface area contributed by atoms with Crippen molar-refractivity contribution in [2.24, 2.45) is 0 Å². The van der Waals surface area contributed by atoms with E-state index in [0.717, 1.165) is 0 Å². The minimum atomic E-state index is -3.69. The summed E-state index contributed by atoms with van der Waals surface area (Å²) < 4.78 is 25.8. The van der Waals surface area contributed by atoms with Gasteiger partial charge in [0.2, 0.25) is 10.0 Å². The van der Waals surface area contributed by atoms with Gasteiger partial charge in [0.25, 0.3) is 0 Å². The van der Waals surface area contributed by atoms with Crippen LogP contribution in [0.1, 0.15) is 30.9 Å². The van der Waals surface area contributed by atoms with Crippen LogP contribution in [-0.2, 0) is 14.8 Å². The van der Waals surface area contributed by atoms with E-state index in [1.807, 2.05) is 6.07 Å². The van der Waals surface area contributed by atoms with Crippen molar-refractivity contribution >= 4 is 16.0 Å². The molecule has 0 amide bonds. The zero-order valence-electron chi connectivity index (χ0n) is 10.8. The second kappa shape index (κ2) is 7.62. The van der Waals surface area contributed by atoms with Crippen molar-refractivity contribution in [3.8, 4) is 6.07 Å². The molecule has 0 aliphatic heterocycles. The van der Waals surface area contributed by atoms with E-state index in [1.165, 1.54) is 0 Å². The Balaban J connectivity index is 2.71. The molecular weight excluding hydrogens is 280 g/mol. The van der Waals surface area contributed by atoms with Gasteiger partial charge >= 0.3 is 5.97 Å². The molecule has 0 fully saturated rings. The van der Waals surface area contributed by atoms with E-state index in [-0.39, 0.29) is 12.2 Å². The molecule has 7 heteroatoms. The number of hydrogen-bond acceptors (Lipinski definition) is 4. The van der Waals surface area contributed by atoms with Gasteiger partial charge in [-0.25, -0.2) is 8.42 Å². The fraction of sp³-hybridized carbons (Fsp3) is 0.385. The molecule has 0 aliphatic carbocycles. The van der Waals surface area contributed by atoms with Gasteiger partial charge in [0, 0.05) is 6.42 Å². The number of sulfonamides is 1. The van der Waals surface area contributed by atoms with Crippen LogP contribution in [0.4, 0.5) is 0 Å². The quantitative estimate of drug-likeness (QED) is 0.705. The molecule has 0 saturated carbocycles. The van der Waals surface area contributed by atoms with Crippen LogP contribution >= 0.6 is 0 Å². The lowest BCUT2D eigenvalue weighted by Gasteiger charge is -2.15. The summed E-state index contributed by atoms with van der Waals surface area (Å²) in [6.07, 6.45) is 1.08. The number of benzene rings is 1. The fourth-order valence-corrected chi connectivity index (χ4v) is 2.94. The minimum Gasteiger partial charge on any atom is -0.480 e. The summed E-state index contributed by atoms with van der Waals surface area (Å²) in [5, 5.41) is 17.5. The molecule has 0 spiro atoms. The van der Waals surface area contributed by atoms with Gasteiger partial charge in [-0.3, -0.25) is 4.79 Å². The maximum Gasteiger partial charge on any atom is 0.326 e. The largest absolute Gasteiger partial charge is 0.480 e. The number of rotatable bonds is 8. The van der Waals surface area contributed by atoms with Gasteiger partial charge in [0.15, 0.2) is 0 Å². The molecule has 6 nitrogen and oxygen atoms in total. The third kappa shape index (κ3) is 5.38. The topological polar surface area (TPSA) is 107 Å². The number of carbonyl (C=O) groups is 1. The Labute approximate surface area is 118 Å². The monoisotopic (exact) mass is 296 g/mol. The predicted molar refractivity (Wildman–Crippen MR) is 73.2 cm³/mol. The van der Waals surface area contributed by atoms with Crippen molar-refractivity contribution in [3.63, 3.8) is 0 Å². The Hall–Kier alpha value is -1.91. The first-order valence-electron chi connectivity index (χ1n) is 6.11. The Kier molecular flexibility index (Phi) is 6.15. The third-order valence-electron chi connectivity index (χ3n) is 2.63. The molecule has 0 heterocycles. The summed E-state index contributed by atoms with van der Waals surface area (Å²) in [4.78, 5) is 11.2. The van der Waals surface area contributed by atoms with E-state index in [0.29, 0.717) is 18.4 Å². The number of unbranched alkanes of at least 4 members (excludes halogenated alkanes) is 2. The first-order chi connectivity index (χ1) is 9.46. The summed E-state index contributed by atoms with van der Waals surface area (Å²) in [6, 6.07) is 8.75.